The number of rotatable bonds is 6. The highest BCUT2D eigenvalue weighted by Crippen LogP contribution is 2.10. The average molecular weight is 250 g/mol. The third-order valence-corrected chi connectivity index (χ3v) is 3.03. The Morgan fingerprint density at radius 3 is 2.78 bits per heavy atom. The number of pyridine rings is 1. The van der Waals surface area contributed by atoms with Crippen molar-refractivity contribution in [2.24, 2.45) is 0 Å². The van der Waals surface area contributed by atoms with Gasteiger partial charge in [-0.25, -0.2) is 0 Å². The molecule has 0 fully saturated rings. The summed E-state index contributed by atoms with van der Waals surface area (Å²) in [4.78, 5) is 18.0. The van der Waals surface area contributed by atoms with Crippen molar-refractivity contribution in [1.29, 1.82) is 0 Å². The first-order chi connectivity index (χ1) is 8.56. The Bertz CT molecular complexity index is 393. The smallest absolute Gasteiger partial charge is 0.307 e. The molecule has 1 rings (SSSR count). The first-order valence-corrected chi connectivity index (χ1v) is 6.30. The number of hydrogen-bond donors (Lipinski definition) is 0. The fraction of sp³-hybridized carbons (Fsp3) is 0.571. The molecule has 1 aromatic heterocycles. The minimum absolute atomic E-state index is 0.157. The lowest BCUT2D eigenvalue weighted by Crippen LogP contribution is -2.34. The van der Waals surface area contributed by atoms with Crippen molar-refractivity contribution in [1.82, 2.24) is 9.88 Å². The van der Waals surface area contributed by atoms with Crippen LogP contribution in [0.3, 0.4) is 0 Å². The second kappa shape index (κ2) is 7.11. The molecule has 100 valence electrons. The van der Waals surface area contributed by atoms with Gasteiger partial charge in [0.2, 0.25) is 0 Å². The van der Waals surface area contributed by atoms with Gasteiger partial charge in [-0.05, 0) is 32.5 Å². The van der Waals surface area contributed by atoms with Gasteiger partial charge in [0.15, 0.2) is 0 Å². The van der Waals surface area contributed by atoms with Gasteiger partial charge >= 0.3 is 5.97 Å². The summed E-state index contributed by atoms with van der Waals surface area (Å²) in [6.45, 7) is 7.75. The zero-order valence-corrected chi connectivity index (χ0v) is 11.6. The summed E-state index contributed by atoms with van der Waals surface area (Å²) < 4.78 is 4.70. The Labute approximate surface area is 109 Å². The zero-order valence-electron chi connectivity index (χ0n) is 11.6. The van der Waals surface area contributed by atoms with Crippen molar-refractivity contribution in [2.75, 3.05) is 13.7 Å². The van der Waals surface area contributed by atoms with Crippen molar-refractivity contribution >= 4 is 5.97 Å². The second-order valence-electron chi connectivity index (χ2n) is 4.46. The van der Waals surface area contributed by atoms with E-state index in [0.717, 1.165) is 24.5 Å². The Morgan fingerprint density at radius 2 is 2.22 bits per heavy atom. The largest absolute Gasteiger partial charge is 0.469 e. The van der Waals surface area contributed by atoms with E-state index in [1.807, 2.05) is 32.0 Å². The molecule has 0 aromatic carbocycles. The first-order valence-electron chi connectivity index (χ1n) is 6.30. The van der Waals surface area contributed by atoms with Gasteiger partial charge in [0.1, 0.15) is 0 Å². The van der Waals surface area contributed by atoms with Crippen LogP contribution in [0.2, 0.25) is 0 Å². The highest BCUT2D eigenvalue weighted by molar-refractivity contribution is 5.69. The van der Waals surface area contributed by atoms with Crippen LogP contribution >= 0.6 is 0 Å². The molecule has 0 radical (unpaired) electrons. The van der Waals surface area contributed by atoms with E-state index in [0.29, 0.717) is 6.42 Å². The Kier molecular flexibility index (Phi) is 5.78. The Hall–Kier alpha value is -1.42. The van der Waals surface area contributed by atoms with Crippen molar-refractivity contribution in [3.8, 4) is 0 Å². The SMILES string of the molecule is CCN(Cc1cccc(C)n1)C(C)CC(=O)OC. The van der Waals surface area contributed by atoms with Gasteiger partial charge in [0.05, 0.1) is 19.2 Å². The van der Waals surface area contributed by atoms with Crippen molar-refractivity contribution in [3.05, 3.63) is 29.6 Å². The molecule has 0 amide bonds. The molecular weight excluding hydrogens is 228 g/mol. The Morgan fingerprint density at radius 1 is 1.50 bits per heavy atom. The molecule has 4 nitrogen and oxygen atoms in total. The standard InChI is InChI=1S/C14H22N2O2/c1-5-16(12(3)9-14(17)18-4)10-13-8-6-7-11(2)15-13/h6-8,12H,5,9-10H2,1-4H3. The van der Waals surface area contributed by atoms with Crippen LogP contribution < -0.4 is 0 Å². The summed E-state index contributed by atoms with van der Waals surface area (Å²) in [6.07, 6.45) is 0.413. The first kappa shape index (κ1) is 14.6. The maximum absolute atomic E-state index is 11.3. The molecule has 0 saturated heterocycles. The number of carbonyl (C=O) groups excluding carboxylic acids is 1. The Balaban J connectivity index is 2.63. The quantitative estimate of drug-likeness (QED) is 0.726. The molecule has 4 heteroatoms. The third-order valence-electron chi connectivity index (χ3n) is 3.03. The third kappa shape index (κ3) is 4.45. The van der Waals surface area contributed by atoms with Gasteiger partial charge in [-0.2, -0.15) is 0 Å². The molecule has 0 aliphatic carbocycles. The molecule has 0 N–H and O–H groups in total. The van der Waals surface area contributed by atoms with E-state index in [2.05, 4.69) is 16.8 Å². The molecule has 0 aliphatic heterocycles. The van der Waals surface area contributed by atoms with E-state index in [1.165, 1.54) is 7.11 Å². The molecular formula is C14H22N2O2. The van der Waals surface area contributed by atoms with Crippen molar-refractivity contribution < 1.29 is 9.53 Å². The van der Waals surface area contributed by atoms with E-state index in [9.17, 15) is 4.79 Å². The second-order valence-corrected chi connectivity index (χ2v) is 4.46. The molecule has 0 bridgehead atoms. The maximum Gasteiger partial charge on any atom is 0.307 e. The fourth-order valence-corrected chi connectivity index (χ4v) is 1.93. The van der Waals surface area contributed by atoms with Gasteiger partial charge in [-0.15, -0.1) is 0 Å². The molecule has 0 saturated carbocycles. The lowest BCUT2D eigenvalue weighted by atomic mass is 10.2. The van der Waals surface area contributed by atoms with Gasteiger partial charge in [-0.1, -0.05) is 13.0 Å². The summed E-state index contributed by atoms with van der Waals surface area (Å²) in [6, 6.07) is 6.17. The van der Waals surface area contributed by atoms with E-state index in [1.54, 1.807) is 0 Å². The molecule has 1 unspecified atom stereocenters. The number of esters is 1. The van der Waals surface area contributed by atoms with Crippen LogP contribution in [0.25, 0.3) is 0 Å². The van der Waals surface area contributed by atoms with Crippen LogP contribution in [0.4, 0.5) is 0 Å². The lowest BCUT2D eigenvalue weighted by molar-refractivity contribution is -0.141. The number of aromatic nitrogens is 1. The fourth-order valence-electron chi connectivity index (χ4n) is 1.93. The zero-order chi connectivity index (χ0) is 13.5. The van der Waals surface area contributed by atoms with Crippen LogP contribution in [-0.4, -0.2) is 35.5 Å². The molecule has 1 atom stereocenters. The van der Waals surface area contributed by atoms with Crippen LogP contribution in [0.1, 0.15) is 31.7 Å². The van der Waals surface area contributed by atoms with Crippen LogP contribution in [0.5, 0.6) is 0 Å². The maximum atomic E-state index is 11.3. The predicted octanol–water partition coefficient (Wildman–Crippen LogP) is 2.16. The predicted molar refractivity (Wildman–Crippen MR) is 71.2 cm³/mol. The minimum atomic E-state index is -0.168. The van der Waals surface area contributed by atoms with E-state index in [4.69, 9.17) is 4.74 Å². The number of hydrogen-bond acceptors (Lipinski definition) is 4. The van der Waals surface area contributed by atoms with Crippen molar-refractivity contribution in [3.63, 3.8) is 0 Å². The summed E-state index contributed by atoms with van der Waals surface area (Å²) in [5.41, 5.74) is 2.05. The van der Waals surface area contributed by atoms with E-state index < -0.39 is 0 Å². The molecule has 0 spiro atoms. The van der Waals surface area contributed by atoms with Gasteiger partial charge in [0, 0.05) is 18.3 Å². The minimum Gasteiger partial charge on any atom is -0.469 e. The van der Waals surface area contributed by atoms with Crippen molar-refractivity contribution in [2.45, 2.75) is 39.8 Å². The average Bonchev–Trinajstić information content (AvgIpc) is 2.35. The van der Waals surface area contributed by atoms with E-state index >= 15 is 0 Å². The topological polar surface area (TPSA) is 42.4 Å². The lowest BCUT2D eigenvalue weighted by Gasteiger charge is -2.26. The number of ether oxygens (including phenoxy) is 1. The molecule has 1 aromatic rings. The van der Waals surface area contributed by atoms with Gasteiger partial charge in [0.25, 0.3) is 0 Å². The summed E-state index contributed by atoms with van der Waals surface area (Å²) in [5, 5.41) is 0. The highest BCUT2D eigenvalue weighted by atomic mass is 16.5. The number of carbonyl (C=O) groups is 1. The number of nitrogens with zero attached hydrogens (tertiary/aromatic N) is 2. The van der Waals surface area contributed by atoms with Gasteiger partial charge in [-0.3, -0.25) is 14.7 Å². The normalized spacial score (nSPS) is 12.5. The number of methoxy groups -OCH3 is 1. The molecule has 0 aliphatic rings. The molecule has 18 heavy (non-hydrogen) atoms. The van der Waals surface area contributed by atoms with Crippen LogP contribution in [0, 0.1) is 6.92 Å². The number of aryl methyl sites for hydroxylation is 1. The van der Waals surface area contributed by atoms with Crippen LogP contribution in [0.15, 0.2) is 18.2 Å². The highest BCUT2D eigenvalue weighted by Gasteiger charge is 2.16. The monoisotopic (exact) mass is 250 g/mol. The van der Waals surface area contributed by atoms with E-state index in [-0.39, 0.29) is 12.0 Å². The summed E-state index contributed by atoms with van der Waals surface area (Å²) >= 11 is 0. The van der Waals surface area contributed by atoms with Gasteiger partial charge < -0.3 is 4.74 Å². The summed E-state index contributed by atoms with van der Waals surface area (Å²) in [5.74, 6) is -0.168. The molecule has 1 heterocycles. The summed E-state index contributed by atoms with van der Waals surface area (Å²) in [7, 11) is 1.42. The van der Waals surface area contributed by atoms with Crippen LogP contribution in [-0.2, 0) is 16.1 Å².